The molecule has 0 bridgehead atoms. The number of benzene rings is 8. The van der Waals surface area contributed by atoms with E-state index in [1.165, 1.54) is 94.3 Å². The summed E-state index contributed by atoms with van der Waals surface area (Å²) in [5.41, 5.74) is 18.6. The minimum absolute atomic E-state index is 1.17. The number of aromatic nitrogens is 1. The summed E-state index contributed by atoms with van der Waals surface area (Å²) in [6, 6.07) is 68.8. The van der Waals surface area contributed by atoms with Gasteiger partial charge in [-0.25, -0.2) is 0 Å². The lowest BCUT2D eigenvalue weighted by Gasteiger charge is -2.25. The monoisotopic (exact) mass is 621 g/mol. The number of hydrogen-bond acceptors (Lipinski definition) is 0. The van der Waals surface area contributed by atoms with E-state index in [2.05, 4.69) is 193 Å². The van der Waals surface area contributed by atoms with E-state index < -0.39 is 0 Å². The van der Waals surface area contributed by atoms with E-state index in [0.717, 1.165) is 0 Å². The molecular formula is C48H31N. The molecule has 0 saturated heterocycles. The minimum Gasteiger partial charge on any atom is -0.309 e. The zero-order valence-corrected chi connectivity index (χ0v) is 26.8. The Hall–Kier alpha value is -6.44. The molecule has 1 aliphatic rings. The highest BCUT2D eigenvalue weighted by Gasteiger charge is 2.24. The molecule has 10 rings (SSSR count). The van der Waals surface area contributed by atoms with Gasteiger partial charge in [0.1, 0.15) is 0 Å². The van der Waals surface area contributed by atoms with Crippen LogP contribution in [0.5, 0.6) is 0 Å². The van der Waals surface area contributed by atoms with Crippen molar-refractivity contribution >= 4 is 21.8 Å². The van der Waals surface area contributed by atoms with Crippen molar-refractivity contribution in [1.29, 1.82) is 0 Å². The first-order chi connectivity index (χ1) is 24.3. The minimum atomic E-state index is 1.17. The molecule has 1 aliphatic carbocycles. The van der Waals surface area contributed by atoms with E-state index in [1.54, 1.807) is 0 Å². The highest BCUT2D eigenvalue weighted by atomic mass is 15.0. The van der Waals surface area contributed by atoms with E-state index in [9.17, 15) is 0 Å². The largest absolute Gasteiger partial charge is 0.309 e. The van der Waals surface area contributed by atoms with Gasteiger partial charge in [0.2, 0.25) is 0 Å². The fourth-order valence-electron chi connectivity index (χ4n) is 8.02. The summed E-state index contributed by atoms with van der Waals surface area (Å²) in [7, 11) is 0. The number of para-hydroxylation sites is 2. The third kappa shape index (κ3) is 4.33. The molecule has 0 radical (unpaired) electrons. The molecule has 0 saturated carbocycles. The zero-order chi connectivity index (χ0) is 32.3. The number of nitrogens with zero attached hydrogens (tertiary/aromatic N) is 1. The van der Waals surface area contributed by atoms with Gasteiger partial charge < -0.3 is 4.57 Å². The Morgan fingerprint density at radius 1 is 0.265 bits per heavy atom. The first-order valence-electron chi connectivity index (χ1n) is 16.9. The third-order valence-corrected chi connectivity index (χ3v) is 10.2. The topological polar surface area (TPSA) is 4.93 Å². The second-order valence-electron chi connectivity index (χ2n) is 12.9. The van der Waals surface area contributed by atoms with Crippen LogP contribution in [0.1, 0.15) is 0 Å². The van der Waals surface area contributed by atoms with Crippen molar-refractivity contribution in [3.05, 3.63) is 188 Å². The molecule has 9 aromatic rings. The van der Waals surface area contributed by atoms with Gasteiger partial charge in [0, 0.05) is 16.5 Å². The average Bonchev–Trinajstić information content (AvgIpc) is 3.51. The highest BCUT2D eigenvalue weighted by molar-refractivity contribution is 6.11. The van der Waals surface area contributed by atoms with Crippen molar-refractivity contribution < 1.29 is 0 Å². The highest BCUT2D eigenvalue weighted by Crippen LogP contribution is 2.50. The van der Waals surface area contributed by atoms with E-state index in [1.807, 2.05) is 0 Å². The normalized spacial score (nSPS) is 11.7. The van der Waals surface area contributed by atoms with Gasteiger partial charge in [0.25, 0.3) is 0 Å². The van der Waals surface area contributed by atoms with Crippen molar-refractivity contribution in [2.24, 2.45) is 0 Å². The molecule has 228 valence electrons. The second kappa shape index (κ2) is 11.1. The Kier molecular flexibility index (Phi) is 6.25. The lowest BCUT2D eigenvalue weighted by atomic mass is 9.78. The van der Waals surface area contributed by atoms with Crippen molar-refractivity contribution in [2.45, 2.75) is 0 Å². The number of hydrogen-bond donors (Lipinski definition) is 0. The molecular weight excluding hydrogens is 591 g/mol. The summed E-state index contributed by atoms with van der Waals surface area (Å²) < 4.78 is 2.38. The molecule has 1 aromatic heterocycles. The molecule has 0 fully saturated rings. The smallest absolute Gasteiger partial charge is 0.0541 e. The van der Waals surface area contributed by atoms with Crippen LogP contribution < -0.4 is 0 Å². The van der Waals surface area contributed by atoms with E-state index in [4.69, 9.17) is 0 Å². The molecule has 1 heterocycles. The predicted octanol–water partition coefficient (Wildman–Crippen LogP) is 13.1. The van der Waals surface area contributed by atoms with Crippen LogP contribution in [0.3, 0.4) is 0 Å². The number of rotatable bonds is 3. The van der Waals surface area contributed by atoms with Crippen LogP contribution in [0.4, 0.5) is 0 Å². The van der Waals surface area contributed by atoms with Crippen LogP contribution in [0.25, 0.3) is 94.3 Å². The van der Waals surface area contributed by atoms with Crippen LogP contribution in [-0.4, -0.2) is 4.57 Å². The Morgan fingerprint density at radius 2 is 0.755 bits per heavy atom. The van der Waals surface area contributed by atoms with Gasteiger partial charge in [-0.15, -0.1) is 0 Å². The van der Waals surface area contributed by atoms with Gasteiger partial charge in [0.15, 0.2) is 0 Å². The van der Waals surface area contributed by atoms with Crippen molar-refractivity contribution in [3.63, 3.8) is 0 Å². The Labute approximate surface area is 286 Å². The first-order valence-corrected chi connectivity index (χ1v) is 16.9. The maximum Gasteiger partial charge on any atom is 0.0541 e. The van der Waals surface area contributed by atoms with Gasteiger partial charge in [-0.2, -0.15) is 0 Å². The lowest BCUT2D eigenvalue weighted by Crippen LogP contribution is -1.98. The van der Waals surface area contributed by atoms with E-state index >= 15 is 0 Å². The average molecular weight is 622 g/mol. The van der Waals surface area contributed by atoms with Crippen molar-refractivity contribution in [1.82, 2.24) is 4.57 Å². The van der Waals surface area contributed by atoms with Gasteiger partial charge in [0.05, 0.1) is 11.0 Å². The zero-order valence-electron chi connectivity index (χ0n) is 26.8. The molecule has 0 unspecified atom stereocenters. The van der Waals surface area contributed by atoms with Gasteiger partial charge in [-0.05, 0) is 103 Å². The Bertz CT molecular complexity index is 2700. The number of fused-ring (bicyclic) bond motifs is 11. The maximum atomic E-state index is 2.38. The summed E-state index contributed by atoms with van der Waals surface area (Å²) in [6.45, 7) is 0. The SMILES string of the molecule is c1ccc(-n2c3ccccc3c3cc(-c4cccc(-c5cccc6c5-c5ccccc5-c5ccccc5-c5ccccc5-6)c4)ccc32)cc1. The van der Waals surface area contributed by atoms with Gasteiger partial charge >= 0.3 is 0 Å². The summed E-state index contributed by atoms with van der Waals surface area (Å²) in [4.78, 5) is 0. The predicted molar refractivity (Wildman–Crippen MR) is 207 cm³/mol. The molecule has 0 aliphatic heterocycles. The summed E-state index contributed by atoms with van der Waals surface area (Å²) in [5.74, 6) is 0. The standard InChI is InChI=1S/C48H31N/c1-2-16-35(17-3-1)49-46-27-11-10-23-42(46)45-31-33(28-29-47(45)49)32-14-12-15-34(30-32)36-25-13-26-44-41-21-7-6-20-39(41)37-18-4-5-19-38(37)40-22-8-9-24-43(40)48(36)44/h1-31H. The first kappa shape index (κ1) is 27.7. The Balaban J connectivity index is 1.18. The fourth-order valence-corrected chi connectivity index (χ4v) is 8.02. The van der Waals surface area contributed by atoms with Crippen LogP contribution in [0.15, 0.2) is 188 Å². The molecule has 1 heteroatoms. The summed E-state index contributed by atoms with van der Waals surface area (Å²) in [6.07, 6.45) is 0. The van der Waals surface area contributed by atoms with Crippen LogP contribution in [-0.2, 0) is 0 Å². The third-order valence-electron chi connectivity index (χ3n) is 10.2. The fraction of sp³-hybridized carbons (Fsp3) is 0. The Morgan fingerprint density at radius 3 is 1.49 bits per heavy atom. The lowest BCUT2D eigenvalue weighted by molar-refractivity contribution is 1.18. The summed E-state index contributed by atoms with van der Waals surface area (Å²) in [5, 5.41) is 2.52. The molecule has 1 nitrogen and oxygen atoms in total. The van der Waals surface area contributed by atoms with Crippen LogP contribution >= 0.6 is 0 Å². The molecule has 0 spiro atoms. The molecule has 8 aromatic carbocycles. The molecule has 0 amide bonds. The maximum absolute atomic E-state index is 2.38. The van der Waals surface area contributed by atoms with Gasteiger partial charge in [-0.1, -0.05) is 152 Å². The van der Waals surface area contributed by atoms with Crippen LogP contribution in [0, 0.1) is 0 Å². The van der Waals surface area contributed by atoms with E-state index in [-0.39, 0.29) is 0 Å². The second-order valence-corrected chi connectivity index (χ2v) is 12.9. The quantitative estimate of drug-likeness (QED) is 0.185. The van der Waals surface area contributed by atoms with E-state index in [0.29, 0.717) is 0 Å². The molecule has 49 heavy (non-hydrogen) atoms. The van der Waals surface area contributed by atoms with Crippen LogP contribution in [0.2, 0.25) is 0 Å². The molecule has 0 N–H and O–H groups in total. The molecule has 0 atom stereocenters. The van der Waals surface area contributed by atoms with Crippen molar-refractivity contribution in [2.75, 3.05) is 0 Å². The van der Waals surface area contributed by atoms with Gasteiger partial charge in [-0.3, -0.25) is 0 Å². The summed E-state index contributed by atoms with van der Waals surface area (Å²) >= 11 is 0. The van der Waals surface area contributed by atoms with Crippen molar-refractivity contribution in [3.8, 4) is 72.4 Å².